The second-order valence-corrected chi connectivity index (χ2v) is 4.98. The van der Waals surface area contributed by atoms with Crippen LogP contribution in [0.2, 0.25) is 0 Å². The number of hydrogen-bond acceptors (Lipinski definition) is 3. The summed E-state index contributed by atoms with van der Waals surface area (Å²) in [7, 11) is 0. The van der Waals surface area contributed by atoms with Gasteiger partial charge in [0.15, 0.2) is 0 Å². The number of carbonyl (C=O) groups excluding carboxylic acids is 1. The van der Waals surface area contributed by atoms with Crippen LogP contribution >= 0.6 is 0 Å². The van der Waals surface area contributed by atoms with E-state index in [9.17, 15) is 4.79 Å². The van der Waals surface area contributed by atoms with E-state index in [1.807, 2.05) is 24.3 Å². The summed E-state index contributed by atoms with van der Waals surface area (Å²) in [6.07, 6.45) is 3.11. The van der Waals surface area contributed by atoms with Crippen LogP contribution in [0.25, 0.3) is 0 Å². The van der Waals surface area contributed by atoms with E-state index in [2.05, 4.69) is 16.7 Å². The van der Waals surface area contributed by atoms with Gasteiger partial charge in [-0.3, -0.25) is 4.79 Å². The lowest BCUT2D eigenvalue weighted by atomic mass is 10.0. The predicted molar refractivity (Wildman–Crippen MR) is 74.6 cm³/mol. The second-order valence-electron chi connectivity index (χ2n) is 4.98. The smallest absolute Gasteiger partial charge is 0.224 e. The van der Waals surface area contributed by atoms with Crippen LogP contribution in [-0.4, -0.2) is 19.0 Å². The molecule has 0 saturated carbocycles. The summed E-state index contributed by atoms with van der Waals surface area (Å²) in [5, 5.41) is 14.8. The van der Waals surface area contributed by atoms with Gasteiger partial charge in [-0.1, -0.05) is 12.1 Å². The molecule has 1 saturated heterocycles. The Kier molecular flexibility index (Phi) is 4.93. The molecule has 1 amide bonds. The minimum Gasteiger partial charge on any atom is -0.326 e. The number of carbonyl (C=O) groups is 1. The quantitative estimate of drug-likeness (QED) is 0.848. The first-order chi connectivity index (χ1) is 9.28. The summed E-state index contributed by atoms with van der Waals surface area (Å²) in [6.45, 7) is 2.11. The molecule has 4 nitrogen and oxygen atoms in total. The van der Waals surface area contributed by atoms with Gasteiger partial charge in [0.05, 0.1) is 12.5 Å². The van der Waals surface area contributed by atoms with Gasteiger partial charge in [0.2, 0.25) is 5.91 Å². The zero-order valence-electron chi connectivity index (χ0n) is 11.0. The Labute approximate surface area is 113 Å². The van der Waals surface area contributed by atoms with Crippen molar-refractivity contribution in [1.29, 1.82) is 5.26 Å². The Morgan fingerprint density at radius 2 is 2.21 bits per heavy atom. The van der Waals surface area contributed by atoms with Gasteiger partial charge in [0, 0.05) is 12.1 Å². The molecule has 1 unspecified atom stereocenters. The van der Waals surface area contributed by atoms with E-state index in [0.717, 1.165) is 30.8 Å². The van der Waals surface area contributed by atoms with Crippen molar-refractivity contribution in [3.63, 3.8) is 0 Å². The molecule has 0 aromatic heterocycles. The van der Waals surface area contributed by atoms with Crippen molar-refractivity contribution in [3.05, 3.63) is 29.8 Å². The Morgan fingerprint density at radius 3 is 2.84 bits per heavy atom. The third-order valence-corrected chi connectivity index (χ3v) is 3.46. The molecule has 1 aromatic carbocycles. The molecule has 0 bridgehead atoms. The number of amides is 1. The molecule has 19 heavy (non-hydrogen) atoms. The summed E-state index contributed by atoms with van der Waals surface area (Å²) < 4.78 is 0. The first kappa shape index (κ1) is 13.6. The largest absolute Gasteiger partial charge is 0.326 e. The van der Waals surface area contributed by atoms with E-state index in [0.29, 0.717) is 18.8 Å². The van der Waals surface area contributed by atoms with Crippen LogP contribution in [0.3, 0.4) is 0 Å². The molecule has 4 heteroatoms. The standard InChI is InChI=1S/C15H19N3O/c16-9-7-12-1-4-14(5-2-12)18-15(19)6-3-13-8-10-17-11-13/h1-2,4-5,13,17H,3,6-8,10-11H2,(H,18,19). The van der Waals surface area contributed by atoms with Gasteiger partial charge in [-0.05, 0) is 49.5 Å². The van der Waals surface area contributed by atoms with E-state index in [4.69, 9.17) is 5.26 Å². The fraction of sp³-hybridized carbons (Fsp3) is 0.467. The van der Waals surface area contributed by atoms with Crippen molar-refractivity contribution in [2.75, 3.05) is 18.4 Å². The van der Waals surface area contributed by atoms with Gasteiger partial charge >= 0.3 is 0 Å². The van der Waals surface area contributed by atoms with E-state index >= 15 is 0 Å². The van der Waals surface area contributed by atoms with Crippen LogP contribution in [0.4, 0.5) is 5.69 Å². The first-order valence-corrected chi connectivity index (χ1v) is 6.74. The number of rotatable bonds is 5. The topological polar surface area (TPSA) is 64.9 Å². The Bertz CT molecular complexity index is 455. The Balaban J connectivity index is 1.76. The number of benzene rings is 1. The fourth-order valence-electron chi connectivity index (χ4n) is 2.32. The molecule has 0 spiro atoms. The maximum absolute atomic E-state index is 11.8. The van der Waals surface area contributed by atoms with Gasteiger partial charge in [-0.25, -0.2) is 0 Å². The van der Waals surface area contributed by atoms with Crippen LogP contribution in [0, 0.1) is 17.2 Å². The summed E-state index contributed by atoms with van der Waals surface area (Å²) in [5.41, 5.74) is 1.77. The van der Waals surface area contributed by atoms with Crippen LogP contribution in [0.5, 0.6) is 0 Å². The third kappa shape index (κ3) is 4.38. The normalized spacial score (nSPS) is 17.9. The highest BCUT2D eigenvalue weighted by atomic mass is 16.1. The zero-order valence-corrected chi connectivity index (χ0v) is 11.0. The van der Waals surface area contributed by atoms with E-state index in [1.54, 1.807) is 0 Å². The Morgan fingerprint density at radius 1 is 1.42 bits per heavy atom. The van der Waals surface area contributed by atoms with E-state index in [1.165, 1.54) is 6.42 Å². The molecule has 1 aromatic rings. The predicted octanol–water partition coefficient (Wildman–Crippen LogP) is 2.08. The summed E-state index contributed by atoms with van der Waals surface area (Å²) in [4.78, 5) is 11.8. The molecule has 2 N–H and O–H groups in total. The van der Waals surface area contributed by atoms with Gasteiger partial charge in [-0.15, -0.1) is 0 Å². The van der Waals surface area contributed by atoms with Crippen molar-refractivity contribution in [3.8, 4) is 6.07 Å². The van der Waals surface area contributed by atoms with E-state index < -0.39 is 0 Å². The SMILES string of the molecule is N#CCc1ccc(NC(=O)CCC2CCNC2)cc1. The fourth-order valence-corrected chi connectivity index (χ4v) is 2.32. The highest BCUT2D eigenvalue weighted by molar-refractivity contribution is 5.90. The number of nitrogens with one attached hydrogen (secondary N) is 2. The minimum atomic E-state index is 0.0694. The maximum Gasteiger partial charge on any atom is 0.224 e. The molecule has 0 radical (unpaired) electrons. The highest BCUT2D eigenvalue weighted by Crippen LogP contribution is 2.15. The van der Waals surface area contributed by atoms with Gasteiger partial charge in [0.25, 0.3) is 0 Å². The molecular formula is C15H19N3O. The van der Waals surface area contributed by atoms with Crippen molar-refractivity contribution < 1.29 is 4.79 Å². The summed E-state index contributed by atoms with van der Waals surface area (Å²) >= 11 is 0. The van der Waals surface area contributed by atoms with Crippen LogP contribution in [0.1, 0.15) is 24.8 Å². The lowest BCUT2D eigenvalue weighted by Gasteiger charge is -2.09. The summed E-state index contributed by atoms with van der Waals surface area (Å²) in [6, 6.07) is 9.55. The van der Waals surface area contributed by atoms with Gasteiger partial charge in [0.1, 0.15) is 0 Å². The molecule has 100 valence electrons. The molecule has 1 atom stereocenters. The molecule has 0 aliphatic carbocycles. The minimum absolute atomic E-state index is 0.0694. The van der Waals surface area contributed by atoms with Gasteiger partial charge in [-0.2, -0.15) is 5.26 Å². The van der Waals surface area contributed by atoms with Gasteiger partial charge < -0.3 is 10.6 Å². The van der Waals surface area contributed by atoms with Crippen molar-refractivity contribution >= 4 is 11.6 Å². The summed E-state index contributed by atoms with van der Waals surface area (Å²) in [5.74, 6) is 0.712. The maximum atomic E-state index is 11.8. The number of nitriles is 1. The monoisotopic (exact) mass is 257 g/mol. The molecular weight excluding hydrogens is 238 g/mol. The number of nitrogens with zero attached hydrogens (tertiary/aromatic N) is 1. The lowest BCUT2D eigenvalue weighted by Crippen LogP contribution is -2.15. The first-order valence-electron chi connectivity index (χ1n) is 6.74. The zero-order chi connectivity index (χ0) is 13.5. The average Bonchev–Trinajstić information content (AvgIpc) is 2.92. The average molecular weight is 257 g/mol. The molecule has 1 aliphatic heterocycles. The van der Waals surface area contributed by atoms with Crippen LogP contribution in [-0.2, 0) is 11.2 Å². The molecule has 2 rings (SSSR count). The van der Waals surface area contributed by atoms with Crippen molar-refractivity contribution in [2.24, 2.45) is 5.92 Å². The molecule has 1 heterocycles. The third-order valence-electron chi connectivity index (χ3n) is 3.46. The van der Waals surface area contributed by atoms with Crippen molar-refractivity contribution in [2.45, 2.75) is 25.7 Å². The number of anilines is 1. The van der Waals surface area contributed by atoms with Crippen LogP contribution in [0.15, 0.2) is 24.3 Å². The van der Waals surface area contributed by atoms with Crippen LogP contribution < -0.4 is 10.6 Å². The molecule has 1 fully saturated rings. The Hall–Kier alpha value is -1.86. The lowest BCUT2D eigenvalue weighted by molar-refractivity contribution is -0.116. The number of hydrogen-bond donors (Lipinski definition) is 2. The van der Waals surface area contributed by atoms with E-state index in [-0.39, 0.29) is 5.91 Å². The second kappa shape index (κ2) is 6.91. The van der Waals surface area contributed by atoms with Crippen molar-refractivity contribution in [1.82, 2.24) is 5.32 Å². The molecule has 1 aliphatic rings. The highest BCUT2D eigenvalue weighted by Gasteiger charge is 2.15.